The van der Waals surface area contributed by atoms with Crippen molar-refractivity contribution < 1.29 is 14.7 Å². The van der Waals surface area contributed by atoms with E-state index in [1.54, 1.807) is 0 Å². The molecular weight excluding hydrogens is 244 g/mol. The number of phenolic OH excluding ortho intramolecular Hbond substituents is 1. The molecule has 0 heterocycles. The number of rotatable bonds is 0. The van der Waals surface area contributed by atoms with E-state index in [4.69, 9.17) is 11.5 Å². The average Bonchev–Trinajstić information content (AvgIpc) is 2.38. The molecule has 0 saturated heterocycles. The van der Waals surface area contributed by atoms with Crippen LogP contribution in [0.15, 0.2) is 30.3 Å². The van der Waals surface area contributed by atoms with Crippen molar-refractivity contribution in [3.63, 3.8) is 0 Å². The predicted molar refractivity (Wildman–Crippen MR) is 70.2 cm³/mol. The second-order valence-electron chi connectivity index (χ2n) is 4.38. The van der Waals surface area contributed by atoms with Gasteiger partial charge in [0.15, 0.2) is 11.6 Å². The van der Waals surface area contributed by atoms with Crippen molar-refractivity contribution in [3.8, 4) is 5.75 Å². The summed E-state index contributed by atoms with van der Waals surface area (Å²) in [6.07, 6.45) is 0. The van der Waals surface area contributed by atoms with Crippen LogP contribution in [0.25, 0.3) is 0 Å². The molecule has 0 unspecified atom stereocenters. The van der Waals surface area contributed by atoms with Gasteiger partial charge in [0.2, 0.25) is 0 Å². The zero-order chi connectivity index (χ0) is 13.7. The minimum absolute atomic E-state index is 0.0178. The van der Waals surface area contributed by atoms with Gasteiger partial charge in [0.1, 0.15) is 5.75 Å². The van der Waals surface area contributed by atoms with E-state index in [-0.39, 0.29) is 45.2 Å². The van der Waals surface area contributed by atoms with E-state index >= 15 is 0 Å². The van der Waals surface area contributed by atoms with Gasteiger partial charge in [-0.2, -0.15) is 0 Å². The molecule has 2 aromatic carbocycles. The highest BCUT2D eigenvalue weighted by Gasteiger charge is 2.32. The lowest BCUT2D eigenvalue weighted by molar-refractivity contribution is 0.0977. The van der Waals surface area contributed by atoms with Crippen LogP contribution in [0.3, 0.4) is 0 Å². The molecule has 2 aromatic rings. The summed E-state index contributed by atoms with van der Waals surface area (Å²) in [5.74, 6) is -0.974. The van der Waals surface area contributed by atoms with Gasteiger partial charge in [-0.25, -0.2) is 0 Å². The third-order valence-electron chi connectivity index (χ3n) is 3.23. The van der Waals surface area contributed by atoms with E-state index in [1.807, 2.05) is 0 Å². The number of nitrogen functional groups attached to an aromatic ring is 2. The third kappa shape index (κ3) is 1.41. The molecule has 0 spiro atoms. The lowest BCUT2D eigenvalue weighted by atomic mass is 9.83. The number of carbonyl (C=O) groups is 2. The molecule has 0 atom stereocenters. The van der Waals surface area contributed by atoms with Crippen LogP contribution in [-0.2, 0) is 0 Å². The van der Waals surface area contributed by atoms with Crippen molar-refractivity contribution in [3.05, 3.63) is 52.6 Å². The summed E-state index contributed by atoms with van der Waals surface area (Å²) in [6, 6.07) is 7.17. The molecule has 5 heteroatoms. The van der Waals surface area contributed by atoms with E-state index in [0.717, 1.165) is 0 Å². The molecule has 3 rings (SSSR count). The van der Waals surface area contributed by atoms with Crippen molar-refractivity contribution in [1.82, 2.24) is 0 Å². The molecule has 0 radical (unpaired) electrons. The normalized spacial score (nSPS) is 13.1. The summed E-state index contributed by atoms with van der Waals surface area (Å²) >= 11 is 0. The topological polar surface area (TPSA) is 106 Å². The van der Waals surface area contributed by atoms with Crippen LogP contribution in [-0.4, -0.2) is 16.7 Å². The molecule has 5 nitrogen and oxygen atoms in total. The maximum Gasteiger partial charge on any atom is 0.198 e. The molecule has 0 amide bonds. The number of fused-ring (bicyclic) bond motifs is 2. The van der Waals surface area contributed by atoms with Gasteiger partial charge in [0.25, 0.3) is 0 Å². The second-order valence-corrected chi connectivity index (χ2v) is 4.38. The number of carbonyl (C=O) groups excluding carboxylic acids is 2. The minimum atomic E-state index is -0.422. The number of anilines is 2. The molecule has 0 bridgehead atoms. The Bertz CT molecular complexity index is 751. The Morgan fingerprint density at radius 3 is 2.05 bits per heavy atom. The summed E-state index contributed by atoms with van der Waals surface area (Å²) in [4.78, 5) is 24.6. The summed E-state index contributed by atoms with van der Waals surface area (Å²) < 4.78 is 0. The SMILES string of the molecule is Nc1cc2c(cc1N)C(=O)c1c(O)cccc1C2=O. The standard InChI is InChI=1S/C14H10N2O3/c15-9-4-7-8(5-10(9)16)14(19)12-6(13(7)18)2-1-3-11(12)17/h1-5,17H,15-16H2. The van der Waals surface area contributed by atoms with E-state index in [1.165, 1.54) is 30.3 Å². The van der Waals surface area contributed by atoms with Crippen LogP contribution in [0.4, 0.5) is 11.4 Å². The fraction of sp³-hybridized carbons (Fsp3) is 0. The quantitative estimate of drug-likeness (QED) is 0.525. The van der Waals surface area contributed by atoms with Gasteiger partial charge in [-0.3, -0.25) is 9.59 Å². The Kier molecular flexibility index (Phi) is 2.13. The fourth-order valence-corrected chi connectivity index (χ4v) is 2.26. The molecule has 1 aliphatic carbocycles. The van der Waals surface area contributed by atoms with Gasteiger partial charge >= 0.3 is 0 Å². The van der Waals surface area contributed by atoms with Gasteiger partial charge in [0, 0.05) is 16.7 Å². The summed E-state index contributed by atoms with van der Waals surface area (Å²) in [7, 11) is 0. The molecule has 0 saturated carbocycles. The number of ketones is 2. The molecule has 0 aromatic heterocycles. The van der Waals surface area contributed by atoms with E-state index in [9.17, 15) is 14.7 Å². The van der Waals surface area contributed by atoms with Gasteiger partial charge in [-0.05, 0) is 18.2 Å². The second kappa shape index (κ2) is 3.58. The highest BCUT2D eigenvalue weighted by molar-refractivity contribution is 6.29. The van der Waals surface area contributed by atoms with Gasteiger partial charge < -0.3 is 16.6 Å². The van der Waals surface area contributed by atoms with Gasteiger partial charge in [-0.15, -0.1) is 0 Å². The molecule has 5 N–H and O–H groups in total. The van der Waals surface area contributed by atoms with Crippen LogP contribution < -0.4 is 11.5 Å². The maximum absolute atomic E-state index is 12.3. The van der Waals surface area contributed by atoms with Gasteiger partial charge in [-0.1, -0.05) is 12.1 Å². The van der Waals surface area contributed by atoms with Crippen molar-refractivity contribution in [2.24, 2.45) is 0 Å². The average molecular weight is 254 g/mol. The maximum atomic E-state index is 12.3. The summed E-state index contributed by atoms with van der Waals surface area (Å²) in [5, 5.41) is 9.77. The fourth-order valence-electron chi connectivity index (χ4n) is 2.26. The monoisotopic (exact) mass is 254 g/mol. The molecule has 1 aliphatic rings. The first kappa shape index (κ1) is 11.3. The number of aromatic hydroxyl groups is 1. The van der Waals surface area contributed by atoms with Crippen LogP contribution in [0.1, 0.15) is 31.8 Å². The minimum Gasteiger partial charge on any atom is -0.507 e. The van der Waals surface area contributed by atoms with E-state index in [0.29, 0.717) is 0 Å². The first-order chi connectivity index (χ1) is 9.00. The number of benzene rings is 2. The largest absolute Gasteiger partial charge is 0.507 e. The number of hydrogen-bond acceptors (Lipinski definition) is 5. The summed E-state index contributed by atoms with van der Waals surface area (Å²) in [5.41, 5.74) is 12.4. The predicted octanol–water partition coefficient (Wildman–Crippen LogP) is 1.33. The highest BCUT2D eigenvalue weighted by atomic mass is 16.3. The Balaban J connectivity index is 2.36. The number of hydrogen-bond donors (Lipinski definition) is 3. The van der Waals surface area contributed by atoms with Crippen LogP contribution in [0.5, 0.6) is 5.75 Å². The smallest absolute Gasteiger partial charge is 0.198 e. The Labute approximate surface area is 108 Å². The first-order valence-electron chi connectivity index (χ1n) is 5.61. The van der Waals surface area contributed by atoms with Crippen molar-refractivity contribution in [2.75, 3.05) is 11.5 Å². The van der Waals surface area contributed by atoms with Crippen molar-refractivity contribution in [2.45, 2.75) is 0 Å². The first-order valence-corrected chi connectivity index (χ1v) is 5.61. The van der Waals surface area contributed by atoms with Crippen molar-refractivity contribution in [1.29, 1.82) is 0 Å². The van der Waals surface area contributed by atoms with Crippen molar-refractivity contribution >= 4 is 22.9 Å². The lowest BCUT2D eigenvalue weighted by Crippen LogP contribution is -2.21. The summed E-state index contributed by atoms with van der Waals surface area (Å²) in [6.45, 7) is 0. The Morgan fingerprint density at radius 2 is 1.42 bits per heavy atom. The molecular formula is C14H10N2O3. The molecule has 0 aliphatic heterocycles. The zero-order valence-corrected chi connectivity index (χ0v) is 9.81. The zero-order valence-electron chi connectivity index (χ0n) is 9.81. The van der Waals surface area contributed by atoms with E-state index in [2.05, 4.69) is 0 Å². The number of phenols is 1. The Hall–Kier alpha value is -2.82. The van der Waals surface area contributed by atoms with E-state index < -0.39 is 5.78 Å². The van der Waals surface area contributed by atoms with Crippen LogP contribution >= 0.6 is 0 Å². The van der Waals surface area contributed by atoms with Gasteiger partial charge in [0.05, 0.1) is 16.9 Å². The number of nitrogens with two attached hydrogens (primary N) is 2. The van der Waals surface area contributed by atoms with Crippen LogP contribution in [0.2, 0.25) is 0 Å². The highest BCUT2D eigenvalue weighted by Crippen LogP contribution is 2.34. The lowest BCUT2D eigenvalue weighted by Gasteiger charge is -2.19. The third-order valence-corrected chi connectivity index (χ3v) is 3.23. The molecule has 19 heavy (non-hydrogen) atoms. The molecule has 94 valence electrons. The molecule has 0 fully saturated rings. The van der Waals surface area contributed by atoms with Crippen LogP contribution in [0, 0.1) is 0 Å². The Morgan fingerprint density at radius 1 is 0.842 bits per heavy atom.